The monoisotopic (exact) mass is 737 g/mol. The van der Waals surface area contributed by atoms with Crippen LogP contribution in [0.1, 0.15) is 57.9 Å². The summed E-state index contributed by atoms with van der Waals surface area (Å²) in [7, 11) is 0. The standard InChI is InChI=1S/C35H43N7O11/c1-22(2)31(40-28(43)12-4-3-7-20-41-29(44)17-18-30(41)45)33(47)39-27(11-8-19-37-34(36)48)32(46)38-26-10-6-5-9-23(26)21-52-35(49)53-25-15-13-24(14-16-25)42(50)51/h5-6,9-10,13-18,22,27,31H,3-4,7-8,11-12,19-21H2,1-2H3,(H,38,46)(H,39,47)(H,40,43)(H3,36,37,48)/t27?,31-/m0/s1. The molecule has 7 amide bonds. The van der Waals surface area contributed by atoms with Crippen molar-refractivity contribution in [1.29, 1.82) is 0 Å². The zero-order valence-corrected chi connectivity index (χ0v) is 29.3. The van der Waals surface area contributed by atoms with Crippen molar-refractivity contribution in [2.75, 3.05) is 18.4 Å². The second-order valence-electron chi connectivity index (χ2n) is 12.3. The van der Waals surface area contributed by atoms with Crippen LogP contribution in [0.5, 0.6) is 5.75 Å². The molecular formula is C35H43N7O11. The molecule has 2 atom stereocenters. The van der Waals surface area contributed by atoms with E-state index in [0.29, 0.717) is 24.8 Å². The van der Waals surface area contributed by atoms with Crippen LogP contribution in [0.15, 0.2) is 60.7 Å². The first-order valence-corrected chi connectivity index (χ1v) is 16.9. The summed E-state index contributed by atoms with van der Waals surface area (Å²) in [5, 5.41) is 21.4. The number of anilines is 1. The predicted molar refractivity (Wildman–Crippen MR) is 189 cm³/mol. The van der Waals surface area contributed by atoms with Gasteiger partial charge in [-0.05, 0) is 49.8 Å². The normalized spacial score (nSPS) is 13.2. The summed E-state index contributed by atoms with van der Waals surface area (Å²) in [5.74, 6) is -2.70. The summed E-state index contributed by atoms with van der Waals surface area (Å²) in [6.07, 6.45) is 3.30. The predicted octanol–water partition coefficient (Wildman–Crippen LogP) is 2.81. The largest absolute Gasteiger partial charge is 0.514 e. The minimum atomic E-state index is -1.12. The Labute approximate surface area is 304 Å². The Kier molecular flexibility index (Phi) is 15.9. The molecule has 1 heterocycles. The number of nitrogens with two attached hydrogens (primary N) is 1. The van der Waals surface area contributed by atoms with Crippen molar-refractivity contribution in [3.8, 4) is 5.75 Å². The van der Waals surface area contributed by atoms with Gasteiger partial charge in [-0.1, -0.05) is 38.5 Å². The van der Waals surface area contributed by atoms with Gasteiger partial charge in [-0.15, -0.1) is 0 Å². The second kappa shape index (κ2) is 20.5. The van der Waals surface area contributed by atoms with Crippen molar-refractivity contribution < 1.29 is 48.0 Å². The summed E-state index contributed by atoms with van der Waals surface area (Å²) in [5.41, 5.74) is 5.60. The van der Waals surface area contributed by atoms with E-state index in [1.54, 1.807) is 38.1 Å². The summed E-state index contributed by atoms with van der Waals surface area (Å²) < 4.78 is 10.2. The average Bonchev–Trinajstić information content (AvgIpc) is 3.43. The van der Waals surface area contributed by atoms with E-state index in [2.05, 4.69) is 21.3 Å². The molecule has 3 rings (SSSR count). The van der Waals surface area contributed by atoms with Crippen LogP contribution in [0, 0.1) is 16.0 Å². The maximum atomic E-state index is 13.6. The van der Waals surface area contributed by atoms with E-state index in [9.17, 15) is 43.7 Å². The number of primary amides is 1. The number of unbranched alkanes of at least 4 members (excludes halogenated alkanes) is 2. The van der Waals surface area contributed by atoms with Gasteiger partial charge in [0.05, 0.1) is 4.92 Å². The smallest absolute Gasteiger partial charge is 0.429 e. The van der Waals surface area contributed by atoms with Crippen LogP contribution in [0.25, 0.3) is 0 Å². The number of hydrogen-bond acceptors (Lipinski definition) is 11. The van der Waals surface area contributed by atoms with Crippen molar-refractivity contribution in [3.05, 3.63) is 76.4 Å². The lowest BCUT2D eigenvalue weighted by molar-refractivity contribution is -0.384. The highest BCUT2D eigenvalue weighted by molar-refractivity contribution is 6.12. The minimum absolute atomic E-state index is 0.0193. The third-order valence-corrected chi connectivity index (χ3v) is 7.92. The van der Waals surface area contributed by atoms with Crippen molar-refractivity contribution >= 4 is 53.1 Å². The van der Waals surface area contributed by atoms with Crippen molar-refractivity contribution in [1.82, 2.24) is 20.9 Å². The third kappa shape index (κ3) is 13.7. The van der Waals surface area contributed by atoms with Crippen LogP contribution in [-0.2, 0) is 35.3 Å². The zero-order valence-electron chi connectivity index (χ0n) is 29.3. The number of benzene rings is 2. The molecule has 18 heteroatoms. The van der Waals surface area contributed by atoms with Crippen LogP contribution in [0.3, 0.4) is 0 Å². The molecule has 2 aromatic rings. The number of imide groups is 1. The number of non-ortho nitro benzene ring substituents is 1. The molecule has 1 aliphatic rings. The molecule has 0 saturated carbocycles. The Hall–Kier alpha value is -6.33. The Morgan fingerprint density at radius 3 is 2.21 bits per heavy atom. The topological polar surface area (TPSA) is 258 Å². The number of para-hydroxylation sites is 1. The van der Waals surface area contributed by atoms with Gasteiger partial charge in [0.1, 0.15) is 24.4 Å². The van der Waals surface area contributed by atoms with E-state index in [4.69, 9.17) is 15.2 Å². The molecule has 0 aromatic heterocycles. The highest BCUT2D eigenvalue weighted by Gasteiger charge is 2.29. The molecule has 1 unspecified atom stereocenters. The Balaban J connectivity index is 1.59. The van der Waals surface area contributed by atoms with E-state index >= 15 is 0 Å². The fourth-order valence-corrected chi connectivity index (χ4v) is 5.10. The van der Waals surface area contributed by atoms with Gasteiger partial charge in [0.2, 0.25) is 17.7 Å². The number of carbonyl (C=O) groups is 7. The van der Waals surface area contributed by atoms with Gasteiger partial charge in [-0.2, -0.15) is 0 Å². The number of ether oxygens (including phenoxy) is 2. The molecule has 0 bridgehead atoms. The van der Waals surface area contributed by atoms with Crippen molar-refractivity contribution in [2.24, 2.45) is 11.7 Å². The molecule has 0 fully saturated rings. The summed E-state index contributed by atoms with van der Waals surface area (Å²) >= 11 is 0. The molecule has 6 N–H and O–H groups in total. The van der Waals surface area contributed by atoms with E-state index in [0.717, 1.165) is 17.0 Å². The Morgan fingerprint density at radius 2 is 1.57 bits per heavy atom. The number of nitro groups is 1. The minimum Gasteiger partial charge on any atom is -0.429 e. The van der Waals surface area contributed by atoms with E-state index < -0.39 is 41.0 Å². The molecule has 0 radical (unpaired) electrons. The lowest BCUT2D eigenvalue weighted by Crippen LogP contribution is -2.54. The van der Waals surface area contributed by atoms with Crippen LogP contribution >= 0.6 is 0 Å². The van der Waals surface area contributed by atoms with Gasteiger partial charge >= 0.3 is 12.2 Å². The SMILES string of the molecule is CC(C)[C@H](NC(=O)CCCCCN1C(=O)C=CC1=O)C(=O)NC(CCCNC(N)=O)C(=O)Nc1ccccc1COC(=O)Oc1ccc([N+](=O)[O-])cc1. The quantitative estimate of drug-likeness (QED) is 0.0330. The molecule has 0 spiro atoms. The number of hydrogen-bond donors (Lipinski definition) is 5. The van der Waals surface area contributed by atoms with Crippen molar-refractivity contribution in [2.45, 2.75) is 71.1 Å². The number of nitrogens with one attached hydrogen (secondary N) is 4. The summed E-state index contributed by atoms with van der Waals surface area (Å²) in [6.45, 7) is 3.51. The highest BCUT2D eigenvalue weighted by Crippen LogP contribution is 2.20. The average molecular weight is 738 g/mol. The number of carbonyl (C=O) groups excluding carboxylic acids is 7. The van der Waals surface area contributed by atoms with Crippen LogP contribution in [-0.4, -0.2) is 76.7 Å². The second-order valence-corrected chi connectivity index (χ2v) is 12.3. The number of nitro benzene ring substituents is 1. The van der Waals surface area contributed by atoms with Crippen LogP contribution in [0.4, 0.5) is 21.0 Å². The molecule has 2 aromatic carbocycles. The zero-order chi connectivity index (χ0) is 38.9. The molecule has 0 saturated heterocycles. The maximum Gasteiger partial charge on any atom is 0.514 e. The number of nitrogens with zero attached hydrogens (tertiary/aromatic N) is 2. The number of urea groups is 1. The summed E-state index contributed by atoms with van der Waals surface area (Å²) in [6, 6.07) is 8.36. The number of rotatable bonds is 20. The van der Waals surface area contributed by atoms with Crippen molar-refractivity contribution in [3.63, 3.8) is 0 Å². The van der Waals surface area contributed by atoms with E-state index in [-0.39, 0.29) is 79.7 Å². The highest BCUT2D eigenvalue weighted by atomic mass is 16.7. The first-order chi connectivity index (χ1) is 25.2. The van der Waals surface area contributed by atoms with Gasteiger partial charge in [0, 0.05) is 55.0 Å². The third-order valence-electron chi connectivity index (χ3n) is 7.92. The van der Waals surface area contributed by atoms with Gasteiger partial charge in [0.25, 0.3) is 17.5 Å². The fraction of sp³-hybridized carbons (Fsp3) is 0.400. The molecule has 53 heavy (non-hydrogen) atoms. The van der Waals surface area contributed by atoms with E-state index in [1.165, 1.54) is 24.3 Å². The number of amides is 7. The fourth-order valence-electron chi connectivity index (χ4n) is 5.10. The van der Waals surface area contributed by atoms with Gasteiger partial charge < -0.3 is 36.5 Å². The molecular weight excluding hydrogens is 694 g/mol. The molecule has 1 aliphatic heterocycles. The molecule has 18 nitrogen and oxygen atoms in total. The van der Waals surface area contributed by atoms with Gasteiger partial charge in [-0.3, -0.25) is 39.0 Å². The van der Waals surface area contributed by atoms with Crippen LogP contribution < -0.4 is 31.7 Å². The first-order valence-electron chi connectivity index (χ1n) is 16.9. The van der Waals surface area contributed by atoms with E-state index in [1.807, 2.05) is 0 Å². The molecule has 0 aliphatic carbocycles. The van der Waals surface area contributed by atoms with Gasteiger partial charge in [0.15, 0.2) is 0 Å². The first kappa shape index (κ1) is 41.1. The molecule has 284 valence electrons. The lowest BCUT2D eigenvalue weighted by Gasteiger charge is -2.25. The summed E-state index contributed by atoms with van der Waals surface area (Å²) in [4.78, 5) is 98.1. The van der Waals surface area contributed by atoms with Gasteiger partial charge in [-0.25, -0.2) is 9.59 Å². The Bertz CT molecular complexity index is 1680. The Morgan fingerprint density at radius 1 is 0.887 bits per heavy atom. The lowest BCUT2D eigenvalue weighted by atomic mass is 10.0. The van der Waals surface area contributed by atoms with Crippen LogP contribution in [0.2, 0.25) is 0 Å². The maximum absolute atomic E-state index is 13.6.